The van der Waals surface area contributed by atoms with Crippen LogP contribution in [-0.2, 0) is 11.2 Å². The van der Waals surface area contributed by atoms with E-state index in [4.69, 9.17) is 10.3 Å². The number of carbonyl (C=O) groups excluding carboxylic acids is 1. The van der Waals surface area contributed by atoms with E-state index in [-0.39, 0.29) is 5.91 Å². The van der Waals surface area contributed by atoms with Crippen molar-refractivity contribution < 1.29 is 9.32 Å². The summed E-state index contributed by atoms with van der Waals surface area (Å²) < 4.78 is 5.03. The summed E-state index contributed by atoms with van der Waals surface area (Å²) in [6.07, 6.45) is 1.96. The van der Waals surface area contributed by atoms with E-state index in [9.17, 15) is 4.79 Å². The summed E-state index contributed by atoms with van der Waals surface area (Å²) in [7, 11) is 0. The number of nitrogens with two attached hydrogens (primary N) is 1. The topological polar surface area (TPSA) is 81.2 Å². The second-order valence-electron chi connectivity index (χ2n) is 3.79. The summed E-state index contributed by atoms with van der Waals surface area (Å²) in [5.41, 5.74) is 7.24. The molecule has 1 rings (SSSR count). The zero-order valence-corrected chi connectivity index (χ0v) is 9.88. The van der Waals surface area contributed by atoms with E-state index < -0.39 is 0 Å². The maximum atomic E-state index is 11.4. The highest BCUT2D eigenvalue weighted by molar-refractivity contribution is 5.76. The van der Waals surface area contributed by atoms with Crippen molar-refractivity contribution in [2.75, 3.05) is 13.1 Å². The summed E-state index contributed by atoms with van der Waals surface area (Å²) >= 11 is 0. The Kier molecular flexibility index (Phi) is 4.98. The molecule has 3 N–H and O–H groups in total. The van der Waals surface area contributed by atoms with E-state index in [1.54, 1.807) is 0 Å². The first-order valence-electron chi connectivity index (χ1n) is 5.53. The molecule has 0 aliphatic heterocycles. The first kappa shape index (κ1) is 12.7. The standard InChI is InChI=1S/C11H19N3O2/c1-8-10(9(2)16-14-8)4-5-11(15)13-7-3-6-12/h3-7,12H2,1-2H3,(H,13,15). The molecule has 1 heterocycles. The molecule has 0 atom stereocenters. The molecule has 0 unspecified atom stereocenters. The van der Waals surface area contributed by atoms with Gasteiger partial charge in [0, 0.05) is 18.5 Å². The number of aromatic nitrogens is 1. The maximum Gasteiger partial charge on any atom is 0.220 e. The second-order valence-corrected chi connectivity index (χ2v) is 3.79. The third kappa shape index (κ3) is 3.66. The normalized spacial score (nSPS) is 10.4. The van der Waals surface area contributed by atoms with Crippen molar-refractivity contribution in [1.29, 1.82) is 0 Å². The van der Waals surface area contributed by atoms with Gasteiger partial charge in [0.2, 0.25) is 5.91 Å². The van der Waals surface area contributed by atoms with Gasteiger partial charge in [0.25, 0.3) is 0 Å². The van der Waals surface area contributed by atoms with Gasteiger partial charge in [-0.25, -0.2) is 0 Å². The van der Waals surface area contributed by atoms with Gasteiger partial charge in [0.05, 0.1) is 5.69 Å². The van der Waals surface area contributed by atoms with Crippen LogP contribution in [0.5, 0.6) is 0 Å². The van der Waals surface area contributed by atoms with Crippen molar-refractivity contribution in [2.24, 2.45) is 5.73 Å². The summed E-state index contributed by atoms with van der Waals surface area (Å²) in [6, 6.07) is 0. The highest BCUT2D eigenvalue weighted by Gasteiger charge is 2.10. The third-order valence-corrected chi connectivity index (χ3v) is 2.49. The molecule has 90 valence electrons. The van der Waals surface area contributed by atoms with E-state index in [0.717, 1.165) is 23.4 Å². The zero-order chi connectivity index (χ0) is 12.0. The monoisotopic (exact) mass is 225 g/mol. The second kappa shape index (κ2) is 6.27. The summed E-state index contributed by atoms with van der Waals surface area (Å²) in [5, 5.41) is 6.66. The van der Waals surface area contributed by atoms with Gasteiger partial charge >= 0.3 is 0 Å². The molecular weight excluding hydrogens is 206 g/mol. The number of nitrogens with zero attached hydrogens (tertiary/aromatic N) is 1. The molecule has 0 bridgehead atoms. The van der Waals surface area contributed by atoms with Crippen LogP contribution in [0.2, 0.25) is 0 Å². The number of rotatable bonds is 6. The SMILES string of the molecule is Cc1noc(C)c1CCC(=O)NCCCN. The average molecular weight is 225 g/mol. The molecule has 16 heavy (non-hydrogen) atoms. The highest BCUT2D eigenvalue weighted by atomic mass is 16.5. The van der Waals surface area contributed by atoms with E-state index in [1.165, 1.54) is 0 Å². The quantitative estimate of drug-likeness (QED) is 0.698. The molecule has 0 spiro atoms. The molecule has 0 fully saturated rings. The fourth-order valence-electron chi connectivity index (χ4n) is 1.52. The van der Waals surface area contributed by atoms with Gasteiger partial charge in [0.1, 0.15) is 5.76 Å². The number of hydrogen-bond donors (Lipinski definition) is 2. The van der Waals surface area contributed by atoms with Crippen LogP contribution in [-0.4, -0.2) is 24.2 Å². The van der Waals surface area contributed by atoms with Crippen LogP contribution in [0.25, 0.3) is 0 Å². The fourth-order valence-corrected chi connectivity index (χ4v) is 1.52. The summed E-state index contributed by atoms with van der Waals surface area (Å²) in [5.74, 6) is 0.848. The van der Waals surface area contributed by atoms with Gasteiger partial charge < -0.3 is 15.6 Å². The molecule has 0 aliphatic carbocycles. The smallest absolute Gasteiger partial charge is 0.220 e. The molecule has 1 aromatic rings. The Labute approximate surface area is 95.4 Å². The number of amides is 1. The Morgan fingerprint density at radius 2 is 2.25 bits per heavy atom. The molecule has 0 saturated carbocycles. The average Bonchev–Trinajstić information content (AvgIpc) is 2.57. The predicted molar refractivity (Wildman–Crippen MR) is 61.0 cm³/mol. The number of hydrogen-bond acceptors (Lipinski definition) is 4. The number of nitrogens with one attached hydrogen (secondary N) is 1. The van der Waals surface area contributed by atoms with Crippen molar-refractivity contribution >= 4 is 5.91 Å². The zero-order valence-electron chi connectivity index (χ0n) is 9.88. The van der Waals surface area contributed by atoms with E-state index in [0.29, 0.717) is 25.9 Å². The van der Waals surface area contributed by atoms with Crippen molar-refractivity contribution in [2.45, 2.75) is 33.1 Å². The Bertz CT molecular complexity index is 327. The lowest BCUT2D eigenvalue weighted by molar-refractivity contribution is -0.121. The minimum atomic E-state index is 0.0495. The first-order chi connectivity index (χ1) is 7.65. The number of aryl methyl sites for hydroxylation is 2. The van der Waals surface area contributed by atoms with Crippen molar-refractivity contribution in [3.63, 3.8) is 0 Å². The van der Waals surface area contributed by atoms with Crippen molar-refractivity contribution in [3.8, 4) is 0 Å². The van der Waals surface area contributed by atoms with Crippen molar-refractivity contribution in [1.82, 2.24) is 10.5 Å². The predicted octanol–water partition coefficient (Wildman–Crippen LogP) is 0.689. The van der Waals surface area contributed by atoms with Crippen LogP contribution in [0, 0.1) is 13.8 Å². The molecule has 0 saturated heterocycles. The molecule has 5 heteroatoms. The molecule has 0 radical (unpaired) electrons. The minimum Gasteiger partial charge on any atom is -0.361 e. The Morgan fingerprint density at radius 1 is 1.50 bits per heavy atom. The largest absolute Gasteiger partial charge is 0.361 e. The van der Waals surface area contributed by atoms with Crippen LogP contribution in [0.4, 0.5) is 0 Å². The molecule has 5 nitrogen and oxygen atoms in total. The maximum absolute atomic E-state index is 11.4. The highest BCUT2D eigenvalue weighted by Crippen LogP contribution is 2.13. The lowest BCUT2D eigenvalue weighted by atomic mass is 10.1. The van der Waals surface area contributed by atoms with Gasteiger partial charge in [-0.05, 0) is 33.2 Å². The first-order valence-corrected chi connectivity index (χ1v) is 5.53. The molecule has 0 aliphatic rings. The Hall–Kier alpha value is -1.36. The summed E-state index contributed by atoms with van der Waals surface area (Å²) in [4.78, 5) is 11.4. The van der Waals surface area contributed by atoms with Crippen LogP contribution in [0.1, 0.15) is 29.9 Å². The Balaban J connectivity index is 2.32. The molecular formula is C11H19N3O2. The summed E-state index contributed by atoms with van der Waals surface area (Å²) in [6.45, 7) is 5.00. The molecule has 0 aromatic carbocycles. The number of carbonyl (C=O) groups is 1. The molecule has 1 aromatic heterocycles. The van der Waals surface area contributed by atoms with Gasteiger partial charge in [-0.3, -0.25) is 4.79 Å². The van der Waals surface area contributed by atoms with Gasteiger partial charge in [-0.1, -0.05) is 5.16 Å². The van der Waals surface area contributed by atoms with Gasteiger partial charge in [0.15, 0.2) is 0 Å². The van der Waals surface area contributed by atoms with Crippen LogP contribution >= 0.6 is 0 Å². The van der Waals surface area contributed by atoms with Crippen LogP contribution < -0.4 is 11.1 Å². The van der Waals surface area contributed by atoms with E-state index >= 15 is 0 Å². The minimum absolute atomic E-state index is 0.0495. The van der Waals surface area contributed by atoms with Crippen LogP contribution in [0.3, 0.4) is 0 Å². The van der Waals surface area contributed by atoms with Crippen molar-refractivity contribution in [3.05, 3.63) is 17.0 Å². The lowest BCUT2D eigenvalue weighted by Crippen LogP contribution is -2.26. The third-order valence-electron chi connectivity index (χ3n) is 2.49. The van der Waals surface area contributed by atoms with Gasteiger partial charge in [-0.15, -0.1) is 0 Å². The fraction of sp³-hybridized carbons (Fsp3) is 0.636. The lowest BCUT2D eigenvalue weighted by Gasteiger charge is -2.03. The molecule has 1 amide bonds. The Morgan fingerprint density at radius 3 is 2.81 bits per heavy atom. The van der Waals surface area contributed by atoms with Gasteiger partial charge in [-0.2, -0.15) is 0 Å². The van der Waals surface area contributed by atoms with Crippen LogP contribution in [0.15, 0.2) is 4.52 Å². The van der Waals surface area contributed by atoms with E-state index in [1.807, 2.05) is 13.8 Å². The van der Waals surface area contributed by atoms with E-state index in [2.05, 4.69) is 10.5 Å².